The third kappa shape index (κ3) is 2.51. The van der Waals surface area contributed by atoms with Gasteiger partial charge in [-0.2, -0.15) is 0 Å². The van der Waals surface area contributed by atoms with Gasteiger partial charge in [-0.05, 0) is 32.1 Å². The number of aryl methyl sites for hydroxylation is 2. The van der Waals surface area contributed by atoms with Gasteiger partial charge in [0.25, 0.3) is 0 Å². The molecule has 2 heterocycles. The highest BCUT2D eigenvalue weighted by atomic mass is 16.4. The molecular formula is C18H16N2O2. The van der Waals surface area contributed by atoms with Gasteiger partial charge in [0, 0.05) is 17.3 Å². The van der Waals surface area contributed by atoms with Crippen molar-refractivity contribution in [3.05, 3.63) is 65.5 Å². The van der Waals surface area contributed by atoms with Crippen LogP contribution in [0.5, 0.6) is 0 Å². The van der Waals surface area contributed by atoms with E-state index in [2.05, 4.69) is 4.98 Å². The van der Waals surface area contributed by atoms with Gasteiger partial charge in [0.2, 0.25) is 0 Å². The lowest BCUT2D eigenvalue weighted by atomic mass is 10.1. The molecule has 0 saturated carbocycles. The molecule has 1 aromatic carbocycles. The molecule has 0 aliphatic heterocycles. The fourth-order valence-corrected chi connectivity index (χ4v) is 2.51. The van der Waals surface area contributed by atoms with E-state index in [4.69, 9.17) is 5.11 Å². The van der Waals surface area contributed by atoms with Crippen molar-refractivity contribution < 1.29 is 9.90 Å². The summed E-state index contributed by atoms with van der Waals surface area (Å²) in [7, 11) is 0. The molecule has 0 radical (unpaired) electrons. The molecule has 4 heteroatoms. The third-order valence-corrected chi connectivity index (χ3v) is 3.58. The van der Waals surface area contributed by atoms with Gasteiger partial charge in [-0.1, -0.05) is 35.9 Å². The highest BCUT2D eigenvalue weighted by molar-refractivity contribution is 5.87. The maximum Gasteiger partial charge on any atom is 0.328 e. The SMILES string of the molecule is Cc1ccc(-c2nc3cccc(C)n3c2/C=C/C(=O)O)cc1. The molecule has 0 atom stereocenters. The molecule has 0 amide bonds. The number of pyridine rings is 1. The number of hydrogen-bond acceptors (Lipinski definition) is 2. The number of rotatable bonds is 3. The molecule has 110 valence electrons. The highest BCUT2D eigenvalue weighted by Gasteiger charge is 2.13. The Balaban J connectivity index is 2.29. The molecule has 3 aromatic rings. The summed E-state index contributed by atoms with van der Waals surface area (Å²) < 4.78 is 1.97. The van der Waals surface area contributed by atoms with E-state index in [0.717, 1.165) is 34.4 Å². The summed E-state index contributed by atoms with van der Waals surface area (Å²) in [5.41, 5.74) is 5.52. The second-order valence-corrected chi connectivity index (χ2v) is 5.24. The quantitative estimate of drug-likeness (QED) is 0.749. The van der Waals surface area contributed by atoms with Crippen molar-refractivity contribution in [2.24, 2.45) is 0 Å². The molecule has 1 N–H and O–H groups in total. The van der Waals surface area contributed by atoms with Crippen molar-refractivity contribution in [3.8, 4) is 11.3 Å². The van der Waals surface area contributed by atoms with Crippen LogP contribution in [0.25, 0.3) is 23.0 Å². The maximum atomic E-state index is 10.9. The number of benzene rings is 1. The summed E-state index contributed by atoms with van der Waals surface area (Å²) in [6.07, 6.45) is 2.75. The van der Waals surface area contributed by atoms with Crippen LogP contribution in [-0.2, 0) is 4.79 Å². The molecule has 0 fully saturated rings. The minimum absolute atomic E-state index is 0.777. The van der Waals surface area contributed by atoms with E-state index in [1.165, 1.54) is 5.56 Å². The number of carboxylic acids is 1. The van der Waals surface area contributed by atoms with Gasteiger partial charge in [-0.15, -0.1) is 0 Å². The molecule has 3 rings (SSSR count). The third-order valence-electron chi connectivity index (χ3n) is 3.58. The number of nitrogens with zero attached hydrogens (tertiary/aromatic N) is 2. The first-order valence-corrected chi connectivity index (χ1v) is 7.02. The second kappa shape index (κ2) is 5.48. The number of fused-ring (bicyclic) bond motifs is 1. The van der Waals surface area contributed by atoms with Crippen LogP contribution in [0.4, 0.5) is 0 Å². The summed E-state index contributed by atoms with van der Waals surface area (Å²) in [5.74, 6) is -0.974. The van der Waals surface area contributed by atoms with Crippen LogP contribution in [0.15, 0.2) is 48.5 Å². The minimum Gasteiger partial charge on any atom is -0.478 e. The Morgan fingerprint density at radius 2 is 1.86 bits per heavy atom. The average Bonchev–Trinajstić information content (AvgIpc) is 2.86. The van der Waals surface area contributed by atoms with Gasteiger partial charge in [-0.3, -0.25) is 4.40 Å². The molecule has 22 heavy (non-hydrogen) atoms. The van der Waals surface area contributed by atoms with Crippen LogP contribution in [0, 0.1) is 13.8 Å². The van der Waals surface area contributed by atoms with Crippen molar-refractivity contribution in [2.45, 2.75) is 13.8 Å². The Labute approximate surface area is 128 Å². The van der Waals surface area contributed by atoms with Crippen LogP contribution < -0.4 is 0 Å². The zero-order chi connectivity index (χ0) is 15.7. The Hall–Kier alpha value is -2.88. The van der Waals surface area contributed by atoms with Crippen molar-refractivity contribution in [2.75, 3.05) is 0 Å². The monoisotopic (exact) mass is 292 g/mol. The Kier molecular flexibility index (Phi) is 3.51. The molecule has 0 saturated heterocycles. The summed E-state index contributed by atoms with van der Waals surface area (Å²) in [6.45, 7) is 4.01. The zero-order valence-electron chi connectivity index (χ0n) is 12.4. The van der Waals surface area contributed by atoms with E-state index in [-0.39, 0.29) is 0 Å². The number of imidazole rings is 1. The van der Waals surface area contributed by atoms with Gasteiger partial charge in [0.05, 0.1) is 11.4 Å². The summed E-state index contributed by atoms with van der Waals surface area (Å²) in [6, 6.07) is 13.9. The van der Waals surface area contributed by atoms with Crippen LogP contribution in [0.1, 0.15) is 17.0 Å². The van der Waals surface area contributed by atoms with Crippen LogP contribution in [0.3, 0.4) is 0 Å². The molecular weight excluding hydrogens is 276 g/mol. The first-order chi connectivity index (χ1) is 10.6. The highest BCUT2D eigenvalue weighted by Crippen LogP contribution is 2.27. The largest absolute Gasteiger partial charge is 0.478 e. The Bertz CT molecular complexity index is 874. The molecule has 0 aliphatic rings. The van der Waals surface area contributed by atoms with Gasteiger partial charge in [0.15, 0.2) is 0 Å². The van der Waals surface area contributed by atoms with Crippen molar-refractivity contribution in [1.82, 2.24) is 9.38 Å². The molecule has 0 unspecified atom stereocenters. The Morgan fingerprint density at radius 1 is 1.14 bits per heavy atom. The fourth-order valence-electron chi connectivity index (χ4n) is 2.51. The standard InChI is InChI=1S/C18H16N2O2/c1-12-6-8-14(9-7-12)18-15(10-11-17(21)22)20-13(2)4-3-5-16(20)19-18/h3-11H,1-2H3,(H,21,22)/b11-10+. The zero-order valence-corrected chi connectivity index (χ0v) is 12.4. The van der Waals surface area contributed by atoms with E-state index in [9.17, 15) is 4.79 Å². The van der Waals surface area contributed by atoms with Crippen LogP contribution in [0.2, 0.25) is 0 Å². The van der Waals surface area contributed by atoms with Gasteiger partial charge < -0.3 is 5.11 Å². The minimum atomic E-state index is -0.974. The molecule has 0 spiro atoms. The van der Waals surface area contributed by atoms with Gasteiger partial charge in [0.1, 0.15) is 5.65 Å². The number of aliphatic carboxylic acids is 1. The summed E-state index contributed by atoms with van der Waals surface area (Å²) in [5, 5.41) is 8.94. The predicted molar refractivity (Wildman–Crippen MR) is 86.8 cm³/mol. The number of hydrogen-bond donors (Lipinski definition) is 1. The first-order valence-electron chi connectivity index (χ1n) is 7.02. The smallest absolute Gasteiger partial charge is 0.328 e. The van der Waals surface area contributed by atoms with E-state index in [0.29, 0.717) is 0 Å². The normalized spacial score (nSPS) is 11.4. The summed E-state index contributed by atoms with van der Waals surface area (Å²) in [4.78, 5) is 15.6. The molecule has 0 aliphatic carbocycles. The van der Waals surface area contributed by atoms with Crippen LogP contribution in [-0.4, -0.2) is 20.5 Å². The topological polar surface area (TPSA) is 54.6 Å². The molecule has 4 nitrogen and oxygen atoms in total. The number of aromatic nitrogens is 2. The fraction of sp³-hybridized carbons (Fsp3) is 0.111. The lowest BCUT2D eigenvalue weighted by Gasteiger charge is -2.04. The van der Waals surface area contributed by atoms with E-state index in [1.54, 1.807) is 6.08 Å². The van der Waals surface area contributed by atoms with Crippen molar-refractivity contribution in [1.29, 1.82) is 0 Å². The van der Waals surface area contributed by atoms with Crippen LogP contribution >= 0.6 is 0 Å². The molecule has 2 aromatic heterocycles. The maximum absolute atomic E-state index is 10.9. The van der Waals surface area contributed by atoms with E-state index in [1.807, 2.05) is 60.7 Å². The Morgan fingerprint density at radius 3 is 2.55 bits per heavy atom. The van der Waals surface area contributed by atoms with E-state index < -0.39 is 5.97 Å². The lowest BCUT2D eigenvalue weighted by Crippen LogP contribution is -1.94. The predicted octanol–water partition coefficient (Wildman–Crippen LogP) is 3.72. The molecule has 0 bridgehead atoms. The average molecular weight is 292 g/mol. The lowest BCUT2D eigenvalue weighted by molar-refractivity contribution is -0.131. The number of carboxylic acid groups (broad SMARTS) is 1. The van der Waals surface area contributed by atoms with Crippen molar-refractivity contribution in [3.63, 3.8) is 0 Å². The van der Waals surface area contributed by atoms with Crippen molar-refractivity contribution >= 4 is 17.7 Å². The summed E-state index contributed by atoms with van der Waals surface area (Å²) >= 11 is 0. The van der Waals surface area contributed by atoms with Gasteiger partial charge in [-0.25, -0.2) is 9.78 Å². The number of carbonyl (C=O) groups is 1. The first kappa shape index (κ1) is 14.1. The van der Waals surface area contributed by atoms with Gasteiger partial charge >= 0.3 is 5.97 Å². The second-order valence-electron chi connectivity index (χ2n) is 5.24. The van der Waals surface area contributed by atoms with E-state index >= 15 is 0 Å².